The van der Waals surface area contributed by atoms with E-state index >= 15 is 0 Å². The van der Waals surface area contributed by atoms with Crippen LogP contribution in [0.5, 0.6) is 0 Å². The van der Waals surface area contributed by atoms with Crippen LogP contribution < -0.4 is 10.6 Å². The first-order chi connectivity index (χ1) is 11.4. The van der Waals surface area contributed by atoms with Gasteiger partial charge in [-0.3, -0.25) is 9.59 Å². The second-order valence-electron chi connectivity index (χ2n) is 4.95. The number of nitrogens with one attached hydrogen (secondary N) is 2. The van der Waals surface area contributed by atoms with E-state index in [1.165, 1.54) is 6.92 Å². The van der Waals surface area contributed by atoms with Crippen LogP contribution in [0.3, 0.4) is 0 Å². The first kappa shape index (κ1) is 19.4. The largest absolute Gasteiger partial charge is 0.465 e. The Labute approximate surface area is 140 Å². The summed E-state index contributed by atoms with van der Waals surface area (Å²) in [5.41, 5.74) is 0.785. The van der Waals surface area contributed by atoms with Gasteiger partial charge in [0.15, 0.2) is 0 Å². The molecular formula is C16H22N2O6. The highest BCUT2D eigenvalue weighted by Crippen LogP contribution is 2.01. The fourth-order valence-corrected chi connectivity index (χ4v) is 1.78. The van der Waals surface area contributed by atoms with Crippen LogP contribution in [0.1, 0.15) is 19.4 Å². The Balaban J connectivity index is 2.47. The highest BCUT2D eigenvalue weighted by Gasteiger charge is 2.26. The first-order valence-electron chi connectivity index (χ1n) is 7.52. The van der Waals surface area contributed by atoms with Gasteiger partial charge < -0.3 is 25.2 Å². The molecule has 0 aliphatic rings. The zero-order valence-corrected chi connectivity index (χ0v) is 13.7. The van der Waals surface area contributed by atoms with E-state index in [1.54, 1.807) is 31.2 Å². The molecule has 0 fully saturated rings. The minimum Gasteiger partial charge on any atom is -0.465 e. The lowest BCUT2D eigenvalue weighted by molar-refractivity contribution is -0.143. The van der Waals surface area contributed by atoms with Crippen molar-refractivity contribution in [2.45, 2.75) is 32.6 Å². The molecule has 24 heavy (non-hydrogen) atoms. The Bertz CT molecular complexity index is 547. The van der Waals surface area contributed by atoms with Crippen LogP contribution in [0.15, 0.2) is 30.3 Å². The number of alkyl carbamates (subject to hydrolysis) is 1. The van der Waals surface area contributed by atoms with Crippen molar-refractivity contribution in [3.63, 3.8) is 0 Å². The zero-order valence-electron chi connectivity index (χ0n) is 13.7. The molecule has 0 saturated heterocycles. The topological polar surface area (TPSA) is 114 Å². The smallest absolute Gasteiger partial charge is 0.408 e. The van der Waals surface area contributed by atoms with Crippen molar-refractivity contribution in [3.8, 4) is 0 Å². The van der Waals surface area contributed by atoms with Gasteiger partial charge in [0.05, 0.1) is 12.7 Å². The van der Waals surface area contributed by atoms with Crippen LogP contribution in [0.4, 0.5) is 4.79 Å². The van der Waals surface area contributed by atoms with Gasteiger partial charge in [0.1, 0.15) is 19.2 Å². The molecule has 0 heterocycles. The summed E-state index contributed by atoms with van der Waals surface area (Å²) in [6, 6.07) is 7.76. The molecule has 0 bridgehead atoms. The summed E-state index contributed by atoms with van der Waals surface area (Å²) < 4.78 is 9.66. The minimum atomic E-state index is -1.25. The van der Waals surface area contributed by atoms with Crippen molar-refractivity contribution in [1.82, 2.24) is 10.6 Å². The minimum absolute atomic E-state index is 0.0314. The number of carbonyl (C=O) groups is 3. The average molecular weight is 338 g/mol. The lowest BCUT2D eigenvalue weighted by Crippen LogP contribution is -2.53. The molecule has 1 aromatic rings. The molecule has 1 aromatic carbocycles. The number of ether oxygens (including phenoxy) is 2. The Morgan fingerprint density at radius 3 is 2.42 bits per heavy atom. The summed E-state index contributed by atoms with van der Waals surface area (Å²) in [6.45, 7) is 2.85. The van der Waals surface area contributed by atoms with E-state index in [4.69, 9.17) is 4.74 Å². The van der Waals surface area contributed by atoms with E-state index in [0.29, 0.717) is 0 Å². The van der Waals surface area contributed by atoms with Crippen LogP contribution in [-0.2, 0) is 25.7 Å². The summed E-state index contributed by atoms with van der Waals surface area (Å²) in [4.78, 5) is 34.9. The van der Waals surface area contributed by atoms with Crippen LogP contribution in [-0.4, -0.2) is 48.4 Å². The van der Waals surface area contributed by atoms with E-state index in [-0.39, 0.29) is 19.8 Å². The maximum atomic E-state index is 12.0. The Kier molecular flexibility index (Phi) is 8.28. The third kappa shape index (κ3) is 7.10. The highest BCUT2D eigenvalue weighted by molar-refractivity contribution is 5.88. The molecule has 8 heteroatoms. The third-order valence-electron chi connectivity index (χ3n) is 2.96. The molecule has 0 aliphatic carbocycles. The quantitative estimate of drug-likeness (QED) is 0.589. The van der Waals surface area contributed by atoms with Gasteiger partial charge in [-0.25, -0.2) is 4.79 Å². The molecule has 132 valence electrons. The van der Waals surface area contributed by atoms with Crippen LogP contribution in [0.25, 0.3) is 0 Å². The molecule has 2 amide bonds. The number of benzene rings is 1. The second kappa shape index (κ2) is 10.2. The summed E-state index contributed by atoms with van der Waals surface area (Å²) in [6.07, 6.45) is -2.02. The predicted molar refractivity (Wildman–Crippen MR) is 84.9 cm³/mol. The molecule has 3 N–H and O–H groups in total. The van der Waals surface area contributed by atoms with Crippen molar-refractivity contribution in [2.75, 3.05) is 13.2 Å². The molecule has 0 spiro atoms. The van der Waals surface area contributed by atoms with Crippen LogP contribution in [0.2, 0.25) is 0 Å². The van der Waals surface area contributed by atoms with Crippen molar-refractivity contribution < 1.29 is 29.0 Å². The van der Waals surface area contributed by atoms with Crippen molar-refractivity contribution in [1.29, 1.82) is 0 Å². The summed E-state index contributed by atoms with van der Waals surface area (Å²) >= 11 is 0. The number of hydrogen-bond donors (Lipinski definition) is 3. The van der Waals surface area contributed by atoms with Gasteiger partial charge in [-0.05, 0) is 19.4 Å². The lowest BCUT2D eigenvalue weighted by atomic mass is 10.1. The molecule has 0 unspecified atom stereocenters. The van der Waals surface area contributed by atoms with Crippen LogP contribution in [0, 0.1) is 0 Å². The summed E-state index contributed by atoms with van der Waals surface area (Å²) in [5.74, 6) is -1.32. The highest BCUT2D eigenvalue weighted by atomic mass is 16.5. The van der Waals surface area contributed by atoms with E-state index < -0.39 is 30.1 Å². The predicted octanol–water partition coefficient (Wildman–Crippen LogP) is 0.341. The molecule has 8 nitrogen and oxygen atoms in total. The average Bonchev–Trinajstić information content (AvgIpc) is 2.56. The Hall–Kier alpha value is -2.61. The van der Waals surface area contributed by atoms with E-state index in [0.717, 1.165) is 5.56 Å². The monoisotopic (exact) mass is 338 g/mol. The van der Waals surface area contributed by atoms with Crippen molar-refractivity contribution in [2.24, 2.45) is 0 Å². The lowest BCUT2D eigenvalue weighted by Gasteiger charge is -2.20. The van der Waals surface area contributed by atoms with Crippen molar-refractivity contribution in [3.05, 3.63) is 35.9 Å². The number of amides is 2. The number of carbonyl (C=O) groups excluding carboxylic acids is 3. The number of esters is 1. The van der Waals surface area contributed by atoms with E-state index in [9.17, 15) is 19.5 Å². The summed E-state index contributed by atoms with van der Waals surface area (Å²) in [7, 11) is 0. The number of hydrogen-bond acceptors (Lipinski definition) is 6. The molecule has 0 saturated carbocycles. The second-order valence-corrected chi connectivity index (χ2v) is 4.95. The van der Waals surface area contributed by atoms with Gasteiger partial charge in [-0.15, -0.1) is 0 Å². The fraction of sp³-hybridized carbons (Fsp3) is 0.438. The molecular weight excluding hydrogens is 316 g/mol. The standard InChI is InChI=1S/C16H22N2O6/c1-3-23-13(20)9-17-15(21)14(11(2)19)18-16(22)24-10-12-7-5-4-6-8-12/h4-8,11,14,19H,3,9-10H2,1-2H3,(H,17,21)(H,18,22)/t11-,14+/m1/s1. The molecule has 2 atom stereocenters. The molecule has 0 aromatic heterocycles. The van der Waals surface area contributed by atoms with E-state index in [1.807, 2.05) is 6.07 Å². The molecule has 0 aliphatic heterocycles. The number of aliphatic hydroxyl groups is 1. The van der Waals surface area contributed by atoms with Gasteiger partial charge in [0, 0.05) is 0 Å². The van der Waals surface area contributed by atoms with E-state index in [2.05, 4.69) is 15.4 Å². The first-order valence-corrected chi connectivity index (χ1v) is 7.52. The maximum absolute atomic E-state index is 12.0. The third-order valence-corrected chi connectivity index (χ3v) is 2.96. The van der Waals surface area contributed by atoms with Gasteiger partial charge in [-0.1, -0.05) is 30.3 Å². The van der Waals surface area contributed by atoms with Gasteiger partial charge in [0.25, 0.3) is 0 Å². The van der Waals surface area contributed by atoms with Crippen molar-refractivity contribution >= 4 is 18.0 Å². The summed E-state index contributed by atoms with van der Waals surface area (Å²) in [5, 5.41) is 14.2. The maximum Gasteiger partial charge on any atom is 0.408 e. The number of rotatable bonds is 8. The van der Waals surface area contributed by atoms with Crippen LogP contribution >= 0.6 is 0 Å². The van der Waals surface area contributed by atoms with Gasteiger partial charge in [0.2, 0.25) is 5.91 Å². The number of aliphatic hydroxyl groups excluding tert-OH is 1. The SMILES string of the molecule is CCOC(=O)CNC(=O)[C@@H](NC(=O)OCc1ccccc1)[C@@H](C)O. The molecule has 1 rings (SSSR count). The van der Waals surface area contributed by atoms with Gasteiger partial charge >= 0.3 is 12.1 Å². The molecule has 0 radical (unpaired) electrons. The Morgan fingerprint density at radius 2 is 1.83 bits per heavy atom. The Morgan fingerprint density at radius 1 is 1.17 bits per heavy atom. The fourth-order valence-electron chi connectivity index (χ4n) is 1.78. The zero-order chi connectivity index (χ0) is 17.9. The van der Waals surface area contributed by atoms with Gasteiger partial charge in [-0.2, -0.15) is 0 Å². The normalized spacial score (nSPS) is 12.6.